The predicted octanol–water partition coefficient (Wildman–Crippen LogP) is 4.04. The van der Waals surface area contributed by atoms with E-state index in [1.165, 1.54) is 16.5 Å². The zero-order chi connectivity index (χ0) is 22.5. The van der Waals surface area contributed by atoms with Crippen molar-refractivity contribution < 1.29 is 14.1 Å². The second-order valence-electron chi connectivity index (χ2n) is 7.26. The molecule has 1 N–H and O–H groups in total. The van der Waals surface area contributed by atoms with Crippen LogP contribution in [0.4, 0.5) is 5.69 Å². The average molecular weight is 432 g/mol. The van der Waals surface area contributed by atoms with Crippen LogP contribution in [0.3, 0.4) is 0 Å². The summed E-state index contributed by atoms with van der Waals surface area (Å²) in [6, 6.07) is 15.0. The van der Waals surface area contributed by atoms with Crippen LogP contribution in [0.25, 0.3) is 22.4 Å². The van der Waals surface area contributed by atoms with Crippen molar-refractivity contribution in [1.82, 2.24) is 14.7 Å². The van der Waals surface area contributed by atoms with Gasteiger partial charge in [0.25, 0.3) is 11.1 Å². The Bertz CT molecular complexity index is 1270. The third-order valence-electron chi connectivity index (χ3n) is 5.11. The summed E-state index contributed by atoms with van der Waals surface area (Å²) in [7, 11) is 0. The zero-order valence-electron chi connectivity index (χ0n) is 18.0. The van der Waals surface area contributed by atoms with Crippen LogP contribution in [0.1, 0.15) is 25.8 Å². The van der Waals surface area contributed by atoms with E-state index >= 15 is 0 Å². The summed E-state index contributed by atoms with van der Waals surface area (Å²) >= 11 is 0. The Kier molecular flexibility index (Phi) is 6.30. The normalized spacial score (nSPS) is 10.9. The summed E-state index contributed by atoms with van der Waals surface area (Å²) in [5, 5.41) is 6.86. The second-order valence-corrected chi connectivity index (χ2v) is 7.26. The summed E-state index contributed by atoms with van der Waals surface area (Å²) in [5.74, 6) is 0.527. The molecular weight excluding hydrogens is 408 g/mol. The summed E-state index contributed by atoms with van der Waals surface area (Å²) < 4.78 is 12.1. The van der Waals surface area contributed by atoms with E-state index in [2.05, 4.69) is 22.4 Å². The highest BCUT2D eigenvalue weighted by Gasteiger charge is 2.17. The first-order valence-electron chi connectivity index (χ1n) is 10.6. The molecule has 8 heteroatoms. The minimum absolute atomic E-state index is 0.0778. The van der Waals surface area contributed by atoms with E-state index in [9.17, 15) is 9.59 Å². The maximum atomic E-state index is 12.8. The van der Waals surface area contributed by atoms with Crippen LogP contribution < -0.4 is 15.6 Å². The van der Waals surface area contributed by atoms with Crippen LogP contribution in [-0.2, 0) is 17.8 Å². The molecule has 0 aliphatic heterocycles. The van der Waals surface area contributed by atoms with Crippen molar-refractivity contribution in [2.45, 2.75) is 33.2 Å². The molecule has 0 bridgehead atoms. The van der Waals surface area contributed by atoms with Crippen molar-refractivity contribution in [2.24, 2.45) is 0 Å². The van der Waals surface area contributed by atoms with E-state index in [1.807, 2.05) is 31.2 Å². The van der Waals surface area contributed by atoms with Gasteiger partial charge < -0.3 is 14.6 Å². The molecule has 32 heavy (non-hydrogen) atoms. The Morgan fingerprint density at radius 1 is 1.09 bits per heavy atom. The highest BCUT2D eigenvalue weighted by Crippen LogP contribution is 2.25. The van der Waals surface area contributed by atoms with Gasteiger partial charge in [-0.3, -0.25) is 14.2 Å². The van der Waals surface area contributed by atoms with E-state index in [0.717, 1.165) is 17.7 Å². The molecule has 4 rings (SSSR count). The average Bonchev–Trinajstić information content (AvgIpc) is 3.25. The number of anilines is 1. The first kappa shape index (κ1) is 21.3. The van der Waals surface area contributed by atoms with E-state index in [4.69, 9.17) is 9.26 Å². The molecule has 4 aromatic rings. The number of fused-ring (bicyclic) bond motifs is 1. The van der Waals surface area contributed by atoms with Gasteiger partial charge in [0.2, 0.25) is 5.91 Å². The van der Waals surface area contributed by atoms with Crippen LogP contribution >= 0.6 is 0 Å². The number of rotatable bonds is 8. The van der Waals surface area contributed by atoms with Crippen LogP contribution in [0, 0.1) is 0 Å². The van der Waals surface area contributed by atoms with E-state index < -0.39 is 0 Å². The fraction of sp³-hybridized carbons (Fsp3) is 0.250. The van der Waals surface area contributed by atoms with Crippen molar-refractivity contribution in [3.63, 3.8) is 0 Å². The summed E-state index contributed by atoms with van der Waals surface area (Å²) in [4.78, 5) is 29.5. The fourth-order valence-corrected chi connectivity index (χ4v) is 3.35. The molecule has 0 unspecified atom stereocenters. The maximum absolute atomic E-state index is 12.8. The third-order valence-corrected chi connectivity index (χ3v) is 5.11. The molecule has 2 heterocycles. The molecule has 0 aliphatic rings. The van der Waals surface area contributed by atoms with Crippen LogP contribution in [-0.4, -0.2) is 27.2 Å². The number of aryl methyl sites for hydroxylation is 2. The SMILES string of the molecule is CCOc1ccc(NC(=O)CCn2cnc3c(-c4ccc(CC)cc4)noc3c2=O)cc1. The Labute approximate surface area is 184 Å². The lowest BCUT2D eigenvalue weighted by atomic mass is 10.1. The molecule has 0 saturated carbocycles. The van der Waals surface area contributed by atoms with Crippen LogP contribution in [0.2, 0.25) is 0 Å². The van der Waals surface area contributed by atoms with E-state index in [1.54, 1.807) is 24.3 Å². The monoisotopic (exact) mass is 432 g/mol. The number of nitrogens with one attached hydrogen (secondary N) is 1. The zero-order valence-corrected chi connectivity index (χ0v) is 18.0. The number of ether oxygens (including phenoxy) is 1. The van der Waals surface area contributed by atoms with Gasteiger partial charge in [0, 0.05) is 24.2 Å². The van der Waals surface area contributed by atoms with Gasteiger partial charge in [-0.2, -0.15) is 0 Å². The largest absolute Gasteiger partial charge is 0.494 e. The standard InChI is InChI=1S/C24H24N4O4/c1-3-16-5-7-17(8-6-16)21-22-23(32-27-21)24(30)28(15-25-22)14-13-20(29)26-18-9-11-19(12-10-18)31-4-2/h5-12,15H,3-4,13-14H2,1-2H3,(H,26,29). The smallest absolute Gasteiger partial charge is 0.299 e. The lowest BCUT2D eigenvalue weighted by Gasteiger charge is -2.08. The number of carbonyl (C=O) groups is 1. The summed E-state index contributed by atoms with van der Waals surface area (Å²) in [5.41, 5.74) is 3.35. The second kappa shape index (κ2) is 9.47. The van der Waals surface area contributed by atoms with Gasteiger partial charge in [-0.05, 0) is 43.2 Å². The number of carbonyl (C=O) groups excluding carboxylic acids is 1. The first-order valence-corrected chi connectivity index (χ1v) is 10.6. The number of amides is 1. The Hall–Kier alpha value is -3.94. The van der Waals surface area contributed by atoms with Gasteiger partial charge in [0.15, 0.2) is 0 Å². The van der Waals surface area contributed by atoms with Crippen LogP contribution in [0.15, 0.2) is 64.2 Å². The highest BCUT2D eigenvalue weighted by atomic mass is 16.5. The quantitative estimate of drug-likeness (QED) is 0.451. The molecule has 0 saturated heterocycles. The molecule has 0 atom stereocenters. The van der Waals surface area contributed by atoms with E-state index in [-0.39, 0.29) is 30.0 Å². The third kappa shape index (κ3) is 4.54. The number of nitrogens with zero attached hydrogens (tertiary/aromatic N) is 3. The number of hydrogen-bond donors (Lipinski definition) is 1. The highest BCUT2D eigenvalue weighted by molar-refractivity contribution is 5.90. The van der Waals surface area contributed by atoms with Crippen molar-refractivity contribution >= 4 is 22.7 Å². The minimum atomic E-state index is -0.368. The maximum Gasteiger partial charge on any atom is 0.299 e. The van der Waals surface area contributed by atoms with Crippen molar-refractivity contribution in [3.05, 3.63) is 70.8 Å². The summed E-state index contributed by atoms with van der Waals surface area (Å²) in [6.45, 7) is 4.75. The lowest BCUT2D eigenvalue weighted by Crippen LogP contribution is -2.23. The lowest BCUT2D eigenvalue weighted by molar-refractivity contribution is -0.116. The molecule has 2 aromatic carbocycles. The van der Waals surface area contributed by atoms with Crippen molar-refractivity contribution in [2.75, 3.05) is 11.9 Å². The van der Waals surface area contributed by atoms with Gasteiger partial charge in [0.05, 0.1) is 12.9 Å². The molecule has 0 aliphatic carbocycles. The Balaban J connectivity index is 1.45. The minimum Gasteiger partial charge on any atom is -0.494 e. The Morgan fingerprint density at radius 3 is 2.53 bits per heavy atom. The Morgan fingerprint density at radius 2 is 1.84 bits per heavy atom. The predicted molar refractivity (Wildman–Crippen MR) is 122 cm³/mol. The van der Waals surface area contributed by atoms with Gasteiger partial charge in [-0.1, -0.05) is 36.3 Å². The van der Waals surface area contributed by atoms with Gasteiger partial charge in [0.1, 0.15) is 17.0 Å². The number of benzene rings is 2. The fourth-order valence-electron chi connectivity index (χ4n) is 3.35. The molecule has 0 radical (unpaired) electrons. The molecule has 0 spiro atoms. The summed E-state index contributed by atoms with van der Waals surface area (Å²) in [6.07, 6.45) is 2.48. The van der Waals surface area contributed by atoms with Gasteiger partial charge in [-0.15, -0.1) is 0 Å². The molecule has 0 fully saturated rings. The first-order chi connectivity index (χ1) is 15.6. The van der Waals surface area contributed by atoms with Crippen LogP contribution in [0.5, 0.6) is 5.75 Å². The molecular formula is C24H24N4O4. The van der Waals surface area contributed by atoms with Gasteiger partial charge >= 0.3 is 0 Å². The van der Waals surface area contributed by atoms with E-state index in [0.29, 0.717) is 23.5 Å². The molecule has 2 aromatic heterocycles. The molecule has 164 valence electrons. The topological polar surface area (TPSA) is 99.2 Å². The molecule has 8 nitrogen and oxygen atoms in total. The number of aromatic nitrogens is 3. The number of hydrogen-bond acceptors (Lipinski definition) is 6. The molecule has 1 amide bonds. The van der Waals surface area contributed by atoms with Gasteiger partial charge in [-0.25, -0.2) is 4.98 Å². The van der Waals surface area contributed by atoms with Crippen molar-refractivity contribution in [3.8, 4) is 17.0 Å². The van der Waals surface area contributed by atoms with Crippen molar-refractivity contribution in [1.29, 1.82) is 0 Å².